The minimum Gasteiger partial charge on any atom is -0.353 e. The molecule has 1 spiro atoms. The molecule has 8 heteroatoms. The monoisotopic (exact) mass is 403 g/mol. The Kier molecular flexibility index (Phi) is 6.21. The third kappa shape index (κ3) is 4.27. The third-order valence-corrected chi connectivity index (χ3v) is 6.14. The molecule has 3 rings (SSSR count). The van der Waals surface area contributed by atoms with Gasteiger partial charge in [-0.3, -0.25) is 24.6 Å². The van der Waals surface area contributed by atoms with Gasteiger partial charge in [0.15, 0.2) is 0 Å². The van der Waals surface area contributed by atoms with E-state index in [0.29, 0.717) is 18.8 Å². The molecule has 0 unspecified atom stereocenters. The molecule has 0 aromatic heterocycles. The summed E-state index contributed by atoms with van der Waals surface area (Å²) in [6, 6.07) is 4.90. The van der Waals surface area contributed by atoms with Crippen molar-refractivity contribution in [2.24, 2.45) is 5.92 Å². The average molecular weight is 403 g/mol. The molecule has 1 aromatic rings. The second kappa shape index (κ2) is 8.49. The van der Waals surface area contributed by atoms with Crippen molar-refractivity contribution in [2.75, 3.05) is 6.61 Å². The van der Waals surface area contributed by atoms with E-state index in [9.17, 15) is 19.7 Å². The fourth-order valence-corrected chi connectivity index (χ4v) is 4.11. The minimum atomic E-state index is -0.828. The van der Waals surface area contributed by atoms with Gasteiger partial charge in [-0.05, 0) is 51.0 Å². The van der Waals surface area contributed by atoms with Gasteiger partial charge in [0.05, 0.1) is 11.5 Å². The first kappa shape index (κ1) is 21.2. The lowest BCUT2D eigenvalue weighted by molar-refractivity contribution is -0.384. The van der Waals surface area contributed by atoms with Crippen molar-refractivity contribution >= 4 is 17.5 Å². The number of nitro groups is 1. The normalized spacial score (nSPS) is 27.6. The van der Waals surface area contributed by atoms with Crippen LogP contribution in [-0.2, 0) is 9.53 Å². The zero-order valence-corrected chi connectivity index (χ0v) is 17.2. The van der Waals surface area contributed by atoms with Crippen molar-refractivity contribution in [1.29, 1.82) is 0 Å². The number of rotatable bonds is 5. The first-order chi connectivity index (χ1) is 13.8. The molecule has 158 valence electrons. The highest BCUT2D eigenvalue weighted by atomic mass is 16.6. The summed E-state index contributed by atoms with van der Waals surface area (Å²) < 4.78 is 6.12. The maximum atomic E-state index is 13.5. The second-order valence-electron chi connectivity index (χ2n) is 8.26. The number of non-ortho nitro benzene ring substituents is 1. The Bertz CT molecular complexity index is 788. The Morgan fingerprint density at radius 2 is 2.07 bits per heavy atom. The molecule has 8 nitrogen and oxygen atoms in total. The molecule has 1 saturated heterocycles. The number of carbonyl (C=O) groups is 2. The van der Waals surface area contributed by atoms with Crippen LogP contribution < -0.4 is 5.32 Å². The van der Waals surface area contributed by atoms with Crippen LogP contribution in [0.15, 0.2) is 24.3 Å². The molecule has 1 saturated carbocycles. The molecular weight excluding hydrogens is 374 g/mol. The number of nitro benzene ring substituents is 1. The summed E-state index contributed by atoms with van der Waals surface area (Å²) in [5, 5.41) is 14.1. The van der Waals surface area contributed by atoms with Gasteiger partial charge in [-0.25, -0.2) is 0 Å². The first-order valence-electron chi connectivity index (χ1n) is 10.3. The lowest BCUT2D eigenvalue weighted by Gasteiger charge is -2.43. The summed E-state index contributed by atoms with van der Waals surface area (Å²) in [5.74, 6) is -0.106. The fourth-order valence-electron chi connectivity index (χ4n) is 4.11. The number of benzene rings is 1. The largest absolute Gasteiger partial charge is 0.353 e. The Labute approximate surface area is 170 Å². The molecule has 0 radical (unpaired) electrons. The number of carbonyl (C=O) groups excluding carboxylic acids is 2. The van der Waals surface area contributed by atoms with Crippen molar-refractivity contribution in [3.05, 3.63) is 39.9 Å². The summed E-state index contributed by atoms with van der Waals surface area (Å²) in [6.45, 7) is 6.20. The Morgan fingerprint density at radius 1 is 1.38 bits per heavy atom. The van der Waals surface area contributed by atoms with Crippen LogP contribution >= 0.6 is 0 Å². The lowest BCUT2D eigenvalue weighted by Crippen LogP contribution is -2.57. The van der Waals surface area contributed by atoms with Gasteiger partial charge in [-0.2, -0.15) is 0 Å². The number of amides is 2. The molecule has 1 aliphatic carbocycles. The van der Waals surface area contributed by atoms with Gasteiger partial charge >= 0.3 is 0 Å². The molecule has 2 fully saturated rings. The molecule has 2 atom stereocenters. The van der Waals surface area contributed by atoms with Gasteiger partial charge in [0, 0.05) is 23.7 Å². The molecular formula is C21H29N3O5. The Hall–Kier alpha value is -2.48. The van der Waals surface area contributed by atoms with Crippen molar-refractivity contribution in [1.82, 2.24) is 10.2 Å². The predicted octanol–water partition coefficient (Wildman–Crippen LogP) is 3.26. The average Bonchev–Trinajstić information content (AvgIpc) is 3.08. The summed E-state index contributed by atoms with van der Waals surface area (Å²) in [5.41, 5.74) is -0.780. The molecule has 1 heterocycles. The zero-order valence-electron chi connectivity index (χ0n) is 17.2. The quantitative estimate of drug-likeness (QED) is 0.601. The highest BCUT2D eigenvalue weighted by Gasteiger charge is 2.53. The molecule has 0 bridgehead atoms. The van der Waals surface area contributed by atoms with E-state index in [0.717, 1.165) is 19.3 Å². The van der Waals surface area contributed by atoms with E-state index in [2.05, 4.69) is 12.2 Å². The van der Waals surface area contributed by atoms with Crippen molar-refractivity contribution in [2.45, 2.75) is 70.7 Å². The summed E-state index contributed by atoms with van der Waals surface area (Å²) >= 11 is 0. The lowest BCUT2D eigenvalue weighted by atomic mass is 9.83. The van der Waals surface area contributed by atoms with Crippen LogP contribution in [-0.4, -0.2) is 46.1 Å². The van der Waals surface area contributed by atoms with Gasteiger partial charge in [-0.1, -0.05) is 19.9 Å². The van der Waals surface area contributed by atoms with Gasteiger partial charge in [0.25, 0.3) is 11.6 Å². The van der Waals surface area contributed by atoms with E-state index >= 15 is 0 Å². The van der Waals surface area contributed by atoms with Crippen LogP contribution in [0, 0.1) is 16.0 Å². The molecule has 2 amide bonds. The summed E-state index contributed by atoms with van der Waals surface area (Å²) in [7, 11) is 0. The van der Waals surface area contributed by atoms with Crippen molar-refractivity contribution in [3.8, 4) is 0 Å². The first-order valence-corrected chi connectivity index (χ1v) is 10.3. The summed E-state index contributed by atoms with van der Waals surface area (Å²) in [4.78, 5) is 38.6. The maximum absolute atomic E-state index is 13.5. The SMILES string of the molecule is CC[C@H](C)NC(=O)[C@@H]1COC2(CCC(C)CC2)N1C(=O)c1cccc([N+](=O)[O-])c1. The minimum absolute atomic E-state index is 0.0137. The highest BCUT2D eigenvalue weighted by Crippen LogP contribution is 2.43. The molecule has 1 N–H and O–H groups in total. The van der Waals surface area contributed by atoms with Crippen LogP contribution in [0.3, 0.4) is 0 Å². The van der Waals surface area contributed by atoms with Crippen LogP contribution in [0.5, 0.6) is 0 Å². The standard InChI is InChI=1S/C21H29N3O5/c1-4-15(3)22-19(25)18-13-29-21(10-8-14(2)9-11-21)23(18)20(26)16-6-5-7-17(12-16)24(27)28/h5-7,12,14-15,18H,4,8-11,13H2,1-3H3,(H,22,25)/t14?,15-,18-,21?/m0/s1. The number of hydrogen-bond donors (Lipinski definition) is 1. The number of ether oxygens (including phenoxy) is 1. The third-order valence-electron chi connectivity index (χ3n) is 6.14. The van der Waals surface area contributed by atoms with Crippen LogP contribution in [0.25, 0.3) is 0 Å². The Morgan fingerprint density at radius 3 is 2.69 bits per heavy atom. The van der Waals surface area contributed by atoms with E-state index < -0.39 is 22.6 Å². The Balaban J connectivity index is 1.95. The number of hydrogen-bond acceptors (Lipinski definition) is 5. The van der Waals surface area contributed by atoms with E-state index in [1.807, 2.05) is 13.8 Å². The van der Waals surface area contributed by atoms with E-state index in [1.165, 1.54) is 18.2 Å². The smallest absolute Gasteiger partial charge is 0.270 e. The van der Waals surface area contributed by atoms with Crippen molar-refractivity contribution < 1.29 is 19.2 Å². The molecule has 29 heavy (non-hydrogen) atoms. The van der Waals surface area contributed by atoms with E-state index in [-0.39, 0.29) is 29.8 Å². The van der Waals surface area contributed by atoms with Crippen molar-refractivity contribution in [3.63, 3.8) is 0 Å². The zero-order chi connectivity index (χ0) is 21.2. The highest BCUT2D eigenvalue weighted by molar-refractivity contribution is 5.99. The van der Waals surface area contributed by atoms with Gasteiger partial charge < -0.3 is 10.1 Å². The number of nitrogens with one attached hydrogen (secondary N) is 1. The maximum Gasteiger partial charge on any atom is 0.270 e. The predicted molar refractivity (Wildman–Crippen MR) is 107 cm³/mol. The second-order valence-corrected chi connectivity index (χ2v) is 8.26. The van der Waals surface area contributed by atoms with E-state index in [1.54, 1.807) is 11.0 Å². The van der Waals surface area contributed by atoms with E-state index in [4.69, 9.17) is 4.74 Å². The molecule has 1 aliphatic heterocycles. The number of nitrogens with zero attached hydrogens (tertiary/aromatic N) is 2. The van der Waals surface area contributed by atoms with Gasteiger partial charge in [0.2, 0.25) is 5.91 Å². The molecule has 1 aromatic carbocycles. The van der Waals surface area contributed by atoms with Crippen LogP contribution in [0.1, 0.15) is 63.2 Å². The fraction of sp³-hybridized carbons (Fsp3) is 0.619. The van der Waals surface area contributed by atoms with Gasteiger partial charge in [0.1, 0.15) is 11.8 Å². The van der Waals surface area contributed by atoms with Crippen LogP contribution in [0.2, 0.25) is 0 Å². The van der Waals surface area contributed by atoms with Crippen LogP contribution in [0.4, 0.5) is 5.69 Å². The topological polar surface area (TPSA) is 102 Å². The summed E-state index contributed by atoms with van der Waals surface area (Å²) in [6.07, 6.45) is 3.89. The van der Waals surface area contributed by atoms with Gasteiger partial charge in [-0.15, -0.1) is 0 Å². The molecule has 2 aliphatic rings.